The third-order valence-corrected chi connectivity index (χ3v) is 6.73. The van der Waals surface area contributed by atoms with Crippen molar-refractivity contribution in [1.82, 2.24) is 19.6 Å². The fraction of sp³-hybridized carbons (Fsp3) is 0.429. The maximum atomic E-state index is 14.6. The summed E-state index contributed by atoms with van der Waals surface area (Å²) in [5.41, 5.74) is 2.37. The number of likely N-dealkylation sites (N-methyl/N-ethyl adjacent to an activating group) is 1. The van der Waals surface area contributed by atoms with Crippen molar-refractivity contribution in [3.05, 3.63) is 77.0 Å². The molecule has 4 rings (SSSR count). The Hall–Kier alpha value is -3.26. The molecule has 0 aliphatic carbocycles. The Kier molecular flexibility index (Phi) is 8.04. The molecule has 36 heavy (non-hydrogen) atoms. The first-order valence-corrected chi connectivity index (χ1v) is 12.6. The van der Waals surface area contributed by atoms with Crippen LogP contribution in [0.4, 0.5) is 14.6 Å². The molecule has 1 fully saturated rings. The molecule has 1 amide bonds. The summed E-state index contributed by atoms with van der Waals surface area (Å²) in [5, 5.41) is 4.80. The first-order valence-electron chi connectivity index (χ1n) is 12.6. The Morgan fingerprint density at radius 2 is 1.78 bits per heavy atom. The van der Waals surface area contributed by atoms with Gasteiger partial charge in [0, 0.05) is 38.3 Å². The number of piperazine rings is 1. The molecule has 0 N–H and O–H groups in total. The van der Waals surface area contributed by atoms with Crippen LogP contribution in [0, 0.1) is 24.5 Å². The second kappa shape index (κ2) is 11.2. The number of rotatable bonds is 8. The molecule has 0 unspecified atom stereocenters. The lowest BCUT2D eigenvalue weighted by Gasteiger charge is -2.35. The van der Waals surface area contributed by atoms with Crippen LogP contribution < -0.4 is 4.90 Å². The lowest BCUT2D eigenvalue weighted by atomic mass is 10.1. The lowest BCUT2D eigenvalue weighted by molar-refractivity contribution is 0.0730. The Morgan fingerprint density at radius 3 is 2.44 bits per heavy atom. The highest BCUT2D eigenvalue weighted by Gasteiger charge is 2.28. The highest BCUT2D eigenvalue weighted by Crippen LogP contribution is 2.30. The summed E-state index contributed by atoms with van der Waals surface area (Å²) in [7, 11) is 2.09. The van der Waals surface area contributed by atoms with Crippen molar-refractivity contribution >= 4 is 11.7 Å². The van der Waals surface area contributed by atoms with E-state index in [4.69, 9.17) is 5.10 Å². The van der Waals surface area contributed by atoms with Crippen LogP contribution in [0.15, 0.2) is 48.5 Å². The van der Waals surface area contributed by atoms with Gasteiger partial charge in [0.2, 0.25) is 0 Å². The van der Waals surface area contributed by atoms with Gasteiger partial charge in [-0.05, 0) is 56.6 Å². The maximum Gasteiger partial charge on any atom is 0.257 e. The van der Waals surface area contributed by atoms with Gasteiger partial charge in [-0.3, -0.25) is 4.79 Å². The van der Waals surface area contributed by atoms with Crippen molar-refractivity contribution in [1.29, 1.82) is 0 Å². The third kappa shape index (κ3) is 5.75. The van der Waals surface area contributed by atoms with E-state index in [0.717, 1.165) is 49.7 Å². The molecular formula is C28H35F2N5O. The van der Waals surface area contributed by atoms with Crippen LogP contribution in [0.2, 0.25) is 0 Å². The van der Waals surface area contributed by atoms with Crippen molar-refractivity contribution in [2.75, 3.05) is 44.7 Å². The molecule has 0 spiro atoms. The van der Waals surface area contributed by atoms with Crippen LogP contribution in [0.1, 0.15) is 41.9 Å². The molecule has 1 saturated heterocycles. The average molecular weight is 496 g/mol. The van der Waals surface area contributed by atoms with Crippen molar-refractivity contribution in [2.45, 2.75) is 33.7 Å². The van der Waals surface area contributed by atoms with Gasteiger partial charge in [-0.2, -0.15) is 5.10 Å². The fourth-order valence-corrected chi connectivity index (χ4v) is 4.53. The summed E-state index contributed by atoms with van der Waals surface area (Å²) < 4.78 is 30.5. The number of halogens is 2. The Balaban J connectivity index is 1.77. The number of carbonyl (C=O) groups excluding carboxylic acids is 1. The second-order valence-corrected chi connectivity index (χ2v) is 9.96. The zero-order valence-corrected chi connectivity index (χ0v) is 21.5. The van der Waals surface area contributed by atoms with Gasteiger partial charge in [-0.1, -0.05) is 32.0 Å². The largest absolute Gasteiger partial charge is 0.354 e. The van der Waals surface area contributed by atoms with Crippen LogP contribution in [-0.4, -0.2) is 65.3 Å². The SMILES string of the molecule is Cc1nn(-c2cccc(F)c2)c(N2CCN(C)CC2)c1CN(CCC(C)C)C(=O)c1ccccc1F. The van der Waals surface area contributed by atoms with Gasteiger partial charge in [0.15, 0.2) is 0 Å². The van der Waals surface area contributed by atoms with Crippen molar-refractivity contribution in [2.24, 2.45) is 5.92 Å². The van der Waals surface area contributed by atoms with Gasteiger partial charge in [-0.25, -0.2) is 13.5 Å². The van der Waals surface area contributed by atoms with Crippen LogP contribution in [0.5, 0.6) is 0 Å². The number of aryl methyl sites for hydroxylation is 1. The molecule has 0 saturated carbocycles. The highest BCUT2D eigenvalue weighted by atomic mass is 19.1. The topological polar surface area (TPSA) is 44.6 Å². The molecule has 0 radical (unpaired) electrons. The Bertz CT molecular complexity index is 1200. The van der Waals surface area contributed by atoms with Gasteiger partial charge in [-0.15, -0.1) is 0 Å². The van der Waals surface area contributed by atoms with E-state index in [2.05, 4.69) is 30.7 Å². The quantitative estimate of drug-likeness (QED) is 0.446. The van der Waals surface area contributed by atoms with E-state index >= 15 is 0 Å². The van der Waals surface area contributed by atoms with Gasteiger partial charge in [0.1, 0.15) is 17.5 Å². The Labute approximate surface area is 212 Å². The number of anilines is 1. The molecular weight excluding hydrogens is 460 g/mol. The van der Waals surface area contributed by atoms with Gasteiger partial charge in [0.05, 0.1) is 23.5 Å². The number of hydrogen-bond acceptors (Lipinski definition) is 4. The summed E-state index contributed by atoms with van der Waals surface area (Å²) >= 11 is 0. The first-order chi connectivity index (χ1) is 17.2. The fourth-order valence-electron chi connectivity index (χ4n) is 4.53. The van der Waals surface area contributed by atoms with Gasteiger partial charge >= 0.3 is 0 Å². The normalized spacial score (nSPS) is 14.5. The molecule has 2 heterocycles. The van der Waals surface area contributed by atoms with E-state index in [9.17, 15) is 13.6 Å². The van der Waals surface area contributed by atoms with E-state index in [1.807, 2.05) is 13.0 Å². The predicted molar refractivity (Wildman–Crippen MR) is 139 cm³/mol. The molecule has 2 aromatic carbocycles. The number of hydrogen-bond donors (Lipinski definition) is 0. The van der Waals surface area contributed by atoms with E-state index in [1.54, 1.807) is 27.8 Å². The smallest absolute Gasteiger partial charge is 0.257 e. The van der Waals surface area contributed by atoms with Crippen molar-refractivity contribution < 1.29 is 13.6 Å². The number of carbonyl (C=O) groups is 1. The molecule has 3 aromatic rings. The van der Waals surface area contributed by atoms with Gasteiger partial charge in [0.25, 0.3) is 5.91 Å². The summed E-state index contributed by atoms with van der Waals surface area (Å²) in [5.74, 6) is 0.0514. The number of amides is 1. The number of aromatic nitrogens is 2. The van der Waals surface area contributed by atoms with Crippen LogP contribution >= 0.6 is 0 Å². The minimum atomic E-state index is -0.525. The van der Waals surface area contributed by atoms with E-state index in [-0.39, 0.29) is 17.3 Å². The molecule has 1 aliphatic rings. The molecule has 0 atom stereocenters. The monoisotopic (exact) mass is 495 g/mol. The van der Waals surface area contributed by atoms with E-state index in [1.165, 1.54) is 24.3 Å². The summed E-state index contributed by atoms with van der Waals surface area (Å²) in [4.78, 5) is 19.8. The molecule has 1 aliphatic heterocycles. The van der Waals surface area contributed by atoms with Crippen LogP contribution in [-0.2, 0) is 6.54 Å². The minimum Gasteiger partial charge on any atom is -0.354 e. The zero-order valence-electron chi connectivity index (χ0n) is 21.5. The Morgan fingerprint density at radius 1 is 1.06 bits per heavy atom. The lowest BCUT2D eigenvalue weighted by Crippen LogP contribution is -2.45. The number of nitrogens with zero attached hydrogens (tertiary/aromatic N) is 5. The highest BCUT2D eigenvalue weighted by molar-refractivity contribution is 5.94. The zero-order chi connectivity index (χ0) is 25.8. The van der Waals surface area contributed by atoms with Crippen molar-refractivity contribution in [3.63, 3.8) is 0 Å². The third-order valence-electron chi connectivity index (χ3n) is 6.73. The van der Waals surface area contributed by atoms with Crippen molar-refractivity contribution in [3.8, 4) is 5.69 Å². The van der Waals surface area contributed by atoms with E-state index < -0.39 is 5.82 Å². The second-order valence-electron chi connectivity index (χ2n) is 9.96. The molecule has 192 valence electrons. The maximum absolute atomic E-state index is 14.6. The number of benzene rings is 2. The molecule has 8 heteroatoms. The van der Waals surface area contributed by atoms with E-state index in [0.29, 0.717) is 24.7 Å². The molecule has 0 bridgehead atoms. The van der Waals surface area contributed by atoms with Crippen LogP contribution in [0.3, 0.4) is 0 Å². The van der Waals surface area contributed by atoms with Gasteiger partial charge < -0.3 is 14.7 Å². The standard InChI is InChI=1S/C28H35F2N5O/c1-20(2)12-13-34(28(36)24-10-5-6-11-26(24)30)19-25-21(3)31-35(23-9-7-8-22(29)18-23)27(25)33-16-14-32(4)15-17-33/h5-11,18,20H,12-17,19H2,1-4H3. The minimum absolute atomic E-state index is 0.0672. The summed E-state index contributed by atoms with van der Waals surface area (Å²) in [6, 6.07) is 12.5. The summed E-state index contributed by atoms with van der Waals surface area (Å²) in [6.07, 6.45) is 0.793. The summed E-state index contributed by atoms with van der Waals surface area (Å²) in [6.45, 7) is 10.3. The average Bonchev–Trinajstić information content (AvgIpc) is 3.17. The molecule has 6 nitrogen and oxygen atoms in total. The molecule has 1 aromatic heterocycles. The predicted octanol–water partition coefficient (Wildman–Crippen LogP) is 4.90. The van der Waals surface area contributed by atoms with Crippen LogP contribution in [0.25, 0.3) is 5.69 Å². The first kappa shape index (κ1) is 25.8.